The van der Waals surface area contributed by atoms with Gasteiger partial charge in [-0.15, -0.1) is 0 Å². The van der Waals surface area contributed by atoms with Crippen LogP contribution >= 0.6 is 0 Å². The van der Waals surface area contributed by atoms with Crippen LogP contribution in [0.25, 0.3) is 17.3 Å². The third-order valence-electron chi connectivity index (χ3n) is 4.68. The minimum atomic E-state index is -0.250. The van der Waals surface area contributed by atoms with Gasteiger partial charge in [-0.1, -0.05) is 49.3 Å². The van der Waals surface area contributed by atoms with E-state index in [1.54, 1.807) is 29.4 Å². The van der Waals surface area contributed by atoms with Gasteiger partial charge in [0.25, 0.3) is 11.8 Å². The maximum absolute atomic E-state index is 12.6. The largest absolute Gasteiger partial charge is 0.344 e. The predicted octanol–water partition coefficient (Wildman–Crippen LogP) is 3.93. The first-order valence-electron chi connectivity index (χ1n) is 9.71. The first-order chi connectivity index (χ1) is 14.5. The molecule has 152 valence electrons. The van der Waals surface area contributed by atoms with Gasteiger partial charge in [-0.3, -0.25) is 9.36 Å². The van der Waals surface area contributed by atoms with Crippen molar-refractivity contribution in [3.63, 3.8) is 0 Å². The van der Waals surface area contributed by atoms with Crippen LogP contribution in [0.1, 0.15) is 54.6 Å². The van der Waals surface area contributed by atoms with Gasteiger partial charge in [-0.05, 0) is 24.6 Å². The highest BCUT2D eigenvalue weighted by Gasteiger charge is 2.16. The maximum atomic E-state index is 12.6. The summed E-state index contributed by atoms with van der Waals surface area (Å²) >= 11 is 0. The molecule has 4 aromatic rings. The van der Waals surface area contributed by atoms with E-state index in [2.05, 4.69) is 25.4 Å². The Balaban J connectivity index is 1.51. The smallest absolute Gasteiger partial charge is 0.271 e. The van der Waals surface area contributed by atoms with E-state index in [-0.39, 0.29) is 17.9 Å². The van der Waals surface area contributed by atoms with Gasteiger partial charge in [-0.25, -0.2) is 9.97 Å². The molecule has 0 radical (unpaired) electrons. The molecule has 1 atom stereocenters. The third-order valence-corrected chi connectivity index (χ3v) is 4.68. The molecule has 0 bridgehead atoms. The normalized spacial score (nSPS) is 12.1. The number of benzene rings is 1. The van der Waals surface area contributed by atoms with Crippen molar-refractivity contribution in [1.29, 1.82) is 0 Å². The number of pyridine rings is 1. The monoisotopic (exact) mass is 402 g/mol. The predicted molar refractivity (Wildman–Crippen MR) is 111 cm³/mol. The van der Waals surface area contributed by atoms with Crippen LogP contribution in [0.5, 0.6) is 0 Å². The second-order valence-corrected chi connectivity index (χ2v) is 7.29. The van der Waals surface area contributed by atoms with Crippen LogP contribution < -0.4 is 5.32 Å². The van der Waals surface area contributed by atoms with Crippen molar-refractivity contribution in [2.45, 2.75) is 32.7 Å². The van der Waals surface area contributed by atoms with Crippen molar-refractivity contribution >= 4 is 5.91 Å². The summed E-state index contributed by atoms with van der Waals surface area (Å²) in [7, 11) is 0. The number of rotatable bonds is 6. The second-order valence-electron chi connectivity index (χ2n) is 7.29. The van der Waals surface area contributed by atoms with Gasteiger partial charge in [-0.2, -0.15) is 4.98 Å². The number of carbonyl (C=O) groups is 1. The number of nitrogens with zero attached hydrogens (tertiary/aromatic N) is 5. The Morgan fingerprint density at radius 1 is 1.10 bits per heavy atom. The summed E-state index contributed by atoms with van der Waals surface area (Å²) in [4.78, 5) is 25.6. The number of amides is 1. The van der Waals surface area contributed by atoms with Crippen LogP contribution in [0.4, 0.5) is 0 Å². The third kappa shape index (κ3) is 4.12. The summed E-state index contributed by atoms with van der Waals surface area (Å²) in [6, 6.07) is 13.3. The van der Waals surface area contributed by atoms with E-state index in [1.165, 1.54) is 0 Å². The molecule has 0 spiro atoms. The van der Waals surface area contributed by atoms with Crippen molar-refractivity contribution in [1.82, 2.24) is 30.0 Å². The summed E-state index contributed by atoms with van der Waals surface area (Å²) in [6.45, 7) is 5.94. The number of hydrogen-bond donors (Lipinski definition) is 1. The van der Waals surface area contributed by atoms with E-state index in [1.807, 2.05) is 57.2 Å². The van der Waals surface area contributed by atoms with Crippen LogP contribution in [-0.2, 0) is 0 Å². The van der Waals surface area contributed by atoms with Crippen molar-refractivity contribution in [3.05, 3.63) is 78.3 Å². The van der Waals surface area contributed by atoms with Crippen LogP contribution in [0.2, 0.25) is 0 Å². The van der Waals surface area contributed by atoms with Gasteiger partial charge < -0.3 is 9.84 Å². The molecule has 30 heavy (non-hydrogen) atoms. The Bertz CT molecular complexity index is 1150. The number of aromatic nitrogens is 5. The Kier molecular flexibility index (Phi) is 5.38. The van der Waals surface area contributed by atoms with E-state index in [9.17, 15) is 4.79 Å². The molecule has 1 N–H and O–H groups in total. The van der Waals surface area contributed by atoms with Crippen LogP contribution in [0.3, 0.4) is 0 Å². The highest BCUT2D eigenvalue weighted by molar-refractivity contribution is 5.92. The zero-order valence-electron chi connectivity index (χ0n) is 17.0. The van der Waals surface area contributed by atoms with Gasteiger partial charge in [0, 0.05) is 23.9 Å². The number of carbonyl (C=O) groups excluding carboxylic acids is 1. The SMILES string of the molecule is CC(C)c1noc(-c2ccnc(-n3cnc(C(=O)NC(C)c4ccccc4)c3)c2)n1. The van der Waals surface area contributed by atoms with E-state index < -0.39 is 0 Å². The molecule has 0 fully saturated rings. The van der Waals surface area contributed by atoms with Crippen molar-refractivity contribution in [2.24, 2.45) is 0 Å². The van der Waals surface area contributed by atoms with E-state index in [4.69, 9.17) is 4.52 Å². The van der Waals surface area contributed by atoms with Crippen molar-refractivity contribution < 1.29 is 9.32 Å². The topological polar surface area (TPSA) is 98.7 Å². The van der Waals surface area contributed by atoms with Gasteiger partial charge in [0.2, 0.25) is 0 Å². The second kappa shape index (κ2) is 8.28. The minimum absolute atomic E-state index is 0.127. The standard InChI is InChI=1S/C22H22N6O2/c1-14(2)20-26-22(30-27-20)17-9-10-23-19(11-17)28-12-18(24-13-28)21(29)25-15(3)16-7-5-4-6-8-16/h4-15H,1-3H3,(H,25,29). The molecule has 4 rings (SSSR count). The van der Waals surface area contributed by atoms with E-state index >= 15 is 0 Å². The molecule has 0 saturated heterocycles. The van der Waals surface area contributed by atoms with Crippen molar-refractivity contribution in [3.8, 4) is 17.3 Å². The summed E-state index contributed by atoms with van der Waals surface area (Å²) in [5, 5.41) is 6.96. The average Bonchev–Trinajstić information content (AvgIpc) is 3.45. The lowest BCUT2D eigenvalue weighted by Crippen LogP contribution is -2.26. The fourth-order valence-corrected chi connectivity index (χ4v) is 2.94. The summed E-state index contributed by atoms with van der Waals surface area (Å²) in [5.41, 5.74) is 2.08. The Labute approximate surface area is 174 Å². The van der Waals surface area contributed by atoms with Gasteiger partial charge in [0.15, 0.2) is 5.82 Å². The molecule has 3 heterocycles. The fraction of sp³-hybridized carbons (Fsp3) is 0.227. The molecule has 1 amide bonds. The lowest BCUT2D eigenvalue weighted by molar-refractivity contribution is 0.0935. The van der Waals surface area contributed by atoms with Crippen molar-refractivity contribution in [2.75, 3.05) is 0 Å². The molecule has 0 aliphatic heterocycles. The van der Waals surface area contributed by atoms with Gasteiger partial charge in [0.05, 0.1) is 6.04 Å². The maximum Gasteiger partial charge on any atom is 0.271 e. The number of hydrogen-bond acceptors (Lipinski definition) is 6. The number of nitrogens with one attached hydrogen (secondary N) is 1. The molecule has 1 unspecified atom stereocenters. The highest BCUT2D eigenvalue weighted by Crippen LogP contribution is 2.21. The molecule has 1 aromatic carbocycles. The van der Waals surface area contributed by atoms with Crippen LogP contribution in [0, 0.1) is 0 Å². The minimum Gasteiger partial charge on any atom is -0.344 e. The van der Waals surface area contributed by atoms with Gasteiger partial charge in [0.1, 0.15) is 17.8 Å². The first-order valence-corrected chi connectivity index (χ1v) is 9.71. The number of imidazole rings is 1. The average molecular weight is 402 g/mol. The lowest BCUT2D eigenvalue weighted by atomic mass is 10.1. The molecule has 8 heteroatoms. The first kappa shape index (κ1) is 19.5. The Hall–Kier alpha value is -3.81. The van der Waals surface area contributed by atoms with Crippen LogP contribution in [-0.4, -0.2) is 30.6 Å². The zero-order valence-corrected chi connectivity index (χ0v) is 17.0. The summed E-state index contributed by atoms with van der Waals surface area (Å²) in [5.74, 6) is 1.60. The van der Waals surface area contributed by atoms with E-state index in [0.29, 0.717) is 23.2 Å². The quantitative estimate of drug-likeness (QED) is 0.525. The molecule has 8 nitrogen and oxygen atoms in total. The highest BCUT2D eigenvalue weighted by atomic mass is 16.5. The summed E-state index contributed by atoms with van der Waals surface area (Å²) < 4.78 is 7.04. The molecule has 0 saturated carbocycles. The fourth-order valence-electron chi connectivity index (χ4n) is 2.94. The van der Waals surface area contributed by atoms with Crippen LogP contribution in [0.15, 0.2) is 65.7 Å². The molecule has 0 aliphatic rings. The molecule has 3 aromatic heterocycles. The lowest BCUT2D eigenvalue weighted by Gasteiger charge is -2.13. The Morgan fingerprint density at radius 2 is 1.90 bits per heavy atom. The van der Waals surface area contributed by atoms with Gasteiger partial charge >= 0.3 is 0 Å². The summed E-state index contributed by atoms with van der Waals surface area (Å²) in [6.07, 6.45) is 4.86. The molecule has 0 aliphatic carbocycles. The Morgan fingerprint density at radius 3 is 2.63 bits per heavy atom. The molecular formula is C22H22N6O2. The molecular weight excluding hydrogens is 380 g/mol. The van der Waals surface area contributed by atoms with E-state index in [0.717, 1.165) is 11.1 Å². The zero-order chi connectivity index (χ0) is 21.1.